The number of ether oxygens (including phenoxy) is 3. The SMILES string of the molecule is CC(C)(C)OC(=O)N1CCC(c2ccc(OCCCC(O)c3ccccc3)cc2)C(OCc2ccc3ccccc3c2)C1. The number of fused-ring (bicyclic) bond motifs is 1. The molecule has 0 aromatic heterocycles. The third kappa shape index (κ3) is 8.59. The summed E-state index contributed by atoms with van der Waals surface area (Å²) in [6, 6.07) is 32.7. The number of hydrogen-bond donors (Lipinski definition) is 1. The fraction of sp³-hybridized carbons (Fsp3) is 0.378. The molecule has 0 aliphatic carbocycles. The summed E-state index contributed by atoms with van der Waals surface area (Å²) in [6.07, 6.45) is 1.22. The van der Waals surface area contributed by atoms with Crippen LogP contribution in [0.5, 0.6) is 5.75 Å². The van der Waals surface area contributed by atoms with Crippen molar-refractivity contribution in [1.82, 2.24) is 4.90 Å². The lowest BCUT2D eigenvalue weighted by Crippen LogP contribution is -2.48. The average Bonchev–Trinajstić information content (AvgIpc) is 3.01. The van der Waals surface area contributed by atoms with Crippen LogP contribution in [0.1, 0.15) is 68.7 Å². The highest BCUT2D eigenvalue weighted by molar-refractivity contribution is 5.82. The summed E-state index contributed by atoms with van der Waals surface area (Å²) in [4.78, 5) is 14.7. The van der Waals surface area contributed by atoms with Crippen LogP contribution in [-0.4, -0.2) is 47.5 Å². The Labute approximate surface area is 255 Å². The normalized spacial score (nSPS) is 17.9. The van der Waals surface area contributed by atoms with Crippen molar-refractivity contribution in [3.8, 4) is 5.75 Å². The second kappa shape index (κ2) is 14.1. The standard InChI is InChI=1S/C37H43NO5/c1-37(2,3)43-36(40)38-22-21-33(35(25-38)42-26-27-15-16-28-10-7-8-13-31(28)24-27)29-17-19-32(20-18-29)41-23-9-14-34(39)30-11-5-4-6-12-30/h4-8,10-13,15-20,24,33-35,39H,9,14,21-23,25-26H2,1-3H3. The Morgan fingerprint density at radius 3 is 2.40 bits per heavy atom. The topological polar surface area (TPSA) is 68.2 Å². The number of carbonyl (C=O) groups excluding carboxylic acids is 1. The van der Waals surface area contributed by atoms with Gasteiger partial charge in [0.2, 0.25) is 0 Å². The van der Waals surface area contributed by atoms with Gasteiger partial charge < -0.3 is 24.2 Å². The van der Waals surface area contributed by atoms with Gasteiger partial charge >= 0.3 is 6.09 Å². The van der Waals surface area contributed by atoms with Crippen LogP contribution in [0.15, 0.2) is 97.1 Å². The van der Waals surface area contributed by atoms with E-state index in [1.807, 2.05) is 75.4 Å². The molecule has 0 spiro atoms. The number of aliphatic hydroxyl groups is 1. The largest absolute Gasteiger partial charge is 0.494 e. The van der Waals surface area contributed by atoms with Crippen LogP contribution in [0.4, 0.5) is 4.79 Å². The summed E-state index contributed by atoms with van der Waals surface area (Å²) < 4.78 is 18.2. The first-order chi connectivity index (χ1) is 20.7. The van der Waals surface area contributed by atoms with E-state index in [4.69, 9.17) is 14.2 Å². The lowest BCUT2D eigenvalue weighted by Gasteiger charge is -2.39. The maximum absolute atomic E-state index is 12.9. The summed E-state index contributed by atoms with van der Waals surface area (Å²) in [7, 11) is 0. The van der Waals surface area contributed by atoms with E-state index >= 15 is 0 Å². The number of aliphatic hydroxyl groups excluding tert-OH is 1. The third-order valence-corrected chi connectivity index (χ3v) is 7.87. The Morgan fingerprint density at radius 2 is 1.65 bits per heavy atom. The zero-order valence-electron chi connectivity index (χ0n) is 25.4. The van der Waals surface area contributed by atoms with Gasteiger partial charge in [-0.25, -0.2) is 4.79 Å². The molecular weight excluding hydrogens is 538 g/mol. The number of piperidine rings is 1. The number of rotatable bonds is 10. The molecule has 6 heteroatoms. The number of carbonyl (C=O) groups is 1. The Balaban J connectivity index is 1.21. The molecule has 4 aromatic carbocycles. The maximum Gasteiger partial charge on any atom is 0.410 e. The molecule has 1 N–H and O–H groups in total. The molecule has 0 bridgehead atoms. The summed E-state index contributed by atoms with van der Waals surface area (Å²) >= 11 is 0. The molecule has 3 unspecified atom stereocenters. The van der Waals surface area contributed by atoms with Gasteiger partial charge in [-0.15, -0.1) is 0 Å². The fourth-order valence-electron chi connectivity index (χ4n) is 5.61. The first-order valence-electron chi connectivity index (χ1n) is 15.3. The molecule has 4 aromatic rings. The molecule has 1 fully saturated rings. The molecule has 1 aliphatic heterocycles. The van der Waals surface area contributed by atoms with E-state index in [2.05, 4.69) is 42.5 Å². The molecule has 1 amide bonds. The number of benzene rings is 4. The number of hydrogen-bond acceptors (Lipinski definition) is 5. The Kier molecular flexibility index (Phi) is 10.0. The fourth-order valence-corrected chi connectivity index (χ4v) is 5.61. The van der Waals surface area contributed by atoms with Gasteiger partial charge in [0, 0.05) is 12.5 Å². The van der Waals surface area contributed by atoms with E-state index < -0.39 is 11.7 Å². The highest BCUT2D eigenvalue weighted by atomic mass is 16.6. The van der Waals surface area contributed by atoms with Crippen molar-refractivity contribution in [2.24, 2.45) is 0 Å². The first-order valence-corrected chi connectivity index (χ1v) is 15.3. The molecule has 6 nitrogen and oxygen atoms in total. The van der Waals surface area contributed by atoms with Gasteiger partial charge in [0.25, 0.3) is 0 Å². The van der Waals surface area contributed by atoms with Crippen LogP contribution in [0.3, 0.4) is 0 Å². The van der Waals surface area contributed by atoms with Crippen molar-refractivity contribution in [3.05, 3.63) is 114 Å². The summed E-state index contributed by atoms with van der Waals surface area (Å²) in [6.45, 7) is 7.74. The average molecular weight is 582 g/mol. The zero-order valence-corrected chi connectivity index (χ0v) is 25.4. The van der Waals surface area contributed by atoms with E-state index in [9.17, 15) is 9.90 Å². The van der Waals surface area contributed by atoms with E-state index in [-0.39, 0.29) is 18.1 Å². The van der Waals surface area contributed by atoms with Crippen molar-refractivity contribution >= 4 is 16.9 Å². The number of nitrogens with zero attached hydrogens (tertiary/aromatic N) is 1. The molecule has 5 rings (SSSR count). The lowest BCUT2D eigenvalue weighted by atomic mass is 9.87. The summed E-state index contributed by atoms with van der Waals surface area (Å²) in [5.41, 5.74) is 2.65. The minimum absolute atomic E-state index is 0.134. The van der Waals surface area contributed by atoms with Crippen molar-refractivity contribution in [1.29, 1.82) is 0 Å². The second-order valence-electron chi connectivity index (χ2n) is 12.3. The van der Waals surface area contributed by atoms with Crippen LogP contribution in [-0.2, 0) is 16.1 Å². The van der Waals surface area contributed by atoms with E-state index in [1.165, 1.54) is 16.3 Å². The van der Waals surface area contributed by atoms with Crippen LogP contribution in [0, 0.1) is 0 Å². The maximum atomic E-state index is 12.9. The predicted molar refractivity (Wildman–Crippen MR) is 170 cm³/mol. The van der Waals surface area contributed by atoms with Crippen LogP contribution < -0.4 is 4.74 Å². The van der Waals surface area contributed by atoms with Crippen molar-refractivity contribution in [2.75, 3.05) is 19.7 Å². The molecule has 1 saturated heterocycles. The lowest BCUT2D eigenvalue weighted by molar-refractivity contribution is -0.0359. The molecule has 226 valence electrons. The highest BCUT2D eigenvalue weighted by Gasteiger charge is 2.35. The molecule has 0 saturated carbocycles. The monoisotopic (exact) mass is 581 g/mol. The molecule has 1 heterocycles. The summed E-state index contributed by atoms with van der Waals surface area (Å²) in [5.74, 6) is 0.937. The number of likely N-dealkylation sites (tertiary alicyclic amines) is 1. The van der Waals surface area contributed by atoms with Gasteiger partial charge in [-0.3, -0.25) is 0 Å². The predicted octanol–water partition coefficient (Wildman–Crippen LogP) is 8.04. The Hall–Kier alpha value is -3.87. The molecule has 43 heavy (non-hydrogen) atoms. The van der Waals surface area contributed by atoms with Gasteiger partial charge in [0.15, 0.2) is 0 Å². The minimum atomic E-state index is -0.551. The highest BCUT2D eigenvalue weighted by Crippen LogP contribution is 2.33. The Bertz CT molecular complexity index is 1460. The minimum Gasteiger partial charge on any atom is -0.494 e. The number of amides is 1. The van der Waals surface area contributed by atoms with Gasteiger partial charge in [-0.2, -0.15) is 0 Å². The molecule has 3 atom stereocenters. The quantitative estimate of drug-likeness (QED) is 0.192. The second-order valence-corrected chi connectivity index (χ2v) is 12.3. The zero-order chi connectivity index (χ0) is 30.2. The van der Waals surface area contributed by atoms with Crippen LogP contribution in [0.25, 0.3) is 10.8 Å². The molecule has 0 radical (unpaired) electrons. The smallest absolute Gasteiger partial charge is 0.410 e. The van der Waals surface area contributed by atoms with E-state index in [1.54, 1.807) is 4.90 Å². The van der Waals surface area contributed by atoms with Gasteiger partial charge in [-0.05, 0) is 85.7 Å². The van der Waals surface area contributed by atoms with E-state index in [0.717, 1.165) is 29.7 Å². The van der Waals surface area contributed by atoms with Gasteiger partial charge in [0.05, 0.1) is 32.0 Å². The van der Waals surface area contributed by atoms with Crippen molar-refractivity contribution < 1.29 is 24.1 Å². The summed E-state index contributed by atoms with van der Waals surface area (Å²) in [5, 5.41) is 12.8. The van der Waals surface area contributed by atoms with Crippen molar-refractivity contribution in [2.45, 2.75) is 70.4 Å². The van der Waals surface area contributed by atoms with Gasteiger partial charge in [-0.1, -0.05) is 78.9 Å². The van der Waals surface area contributed by atoms with Crippen LogP contribution in [0.2, 0.25) is 0 Å². The third-order valence-electron chi connectivity index (χ3n) is 7.87. The Morgan fingerprint density at radius 1 is 0.930 bits per heavy atom. The van der Waals surface area contributed by atoms with Gasteiger partial charge in [0.1, 0.15) is 11.4 Å². The van der Waals surface area contributed by atoms with Crippen molar-refractivity contribution in [3.63, 3.8) is 0 Å². The molecule has 1 aliphatic rings. The molecular formula is C37H43NO5. The van der Waals surface area contributed by atoms with E-state index in [0.29, 0.717) is 32.7 Å². The van der Waals surface area contributed by atoms with Crippen LogP contribution >= 0.6 is 0 Å². The first kappa shape index (κ1) is 30.6.